The van der Waals surface area contributed by atoms with Gasteiger partial charge in [0.1, 0.15) is 11.3 Å². The second-order valence-corrected chi connectivity index (χ2v) is 7.86. The maximum absolute atomic E-state index is 12.0. The van der Waals surface area contributed by atoms with E-state index in [1.807, 2.05) is 18.2 Å². The van der Waals surface area contributed by atoms with Crippen molar-refractivity contribution in [3.8, 4) is 5.75 Å². The quantitative estimate of drug-likeness (QED) is 0.672. The Bertz CT molecular complexity index is 979. The first-order valence-corrected chi connectivity index (χ1v) is 10.0. The second-order valence-electron chi connectivity index (χ2n) is 7.86. The molecule has 1 saturated carbocycles. The molecular formula is C20H23BN4O4. The Morgan fingerprint density at radius 3 is 2.93 bits per heavy atom. The molecule has 8 nitrogen and oxygen atoms in total. The van der Waals surface area contributed by atoms with Gasteiger partial charge in [-0.1, -0.05) is 6.08 Å². The van der Waals surface area contributed by atoms with Crippen LogP contribution in [0.4, 0.5) is 11.5 Å². The van der Waals surface area contributed by atoms with Gasteiger partial charge in [-0.15, -0.1) is 0 Å². The van der Waals surface area contributed by atoms with E-state index >= 15 is 0 Å². The van der Waals surface area contributed by atoms with E-state index in [-0.39, 0.29) is 6.04 Å². The van der Waals surface area contributed by atoms with Gasteiger partial charge in [0.15, 0.2) is 5.82 Å². The van der Waals surface area contributed by atoms with Crippen molar-refractivity contribution in [3.05, 3.63) is 41.0 Å². The van der Waals surface area contributed by atoms with E-state index in [0.717, 1.165) is 54.9 Å². The van der Waals surface area contributed by atoms with E-state index in [4.69, 9.17) is 15.1 Å². The van der Waals surface area contributed by atoms with E-state index in [1.54, 1.807) is 16.9 Å². The molecule has 1 saturated heterocycles. The van der Waals surface area contributed by atoms with Crippen molar-refractivity contribution in [2.45, 2.75) is 37.6 Å². The first-order valence-electron chi connectivity index (χ1n) is 10.0. The summed E-state index contributed by atoms with van der Waals surface area (Å²) in [7, 11) is -0.923. The number of hydrogen-bond donors (Lipinski definition) is 3. The third-order valence-corrected chi connectivity index (χ3v) is 5.61. The normalized spacial score (nSPS) is 20.9. The summed E-state index contributed by atoms with van der Waals surface area (Å²) in [6.07, 6.45) is 7.67. The Labute approximate surface area is 168 Å². The average molecular weight is 394 g/mol. The van der Waals surface area contributed by atoms with E-state index in [0.29, 0.717) is 23.9 Å². The Kier molecular flexibility index (Phi) is 4.56. The molecule has 1 atom stereocenters. The second kappa shape index (κ2) is 7.24. The van der Waals surface area contributed by atoms with Gasteiger partial charge >= 0.3 is 7.12 Å². The number of amides is 1. The number of nitrogens with one attached hydrogen (secondary N) is 1. The largest absolute Gasteiger partial charge is 0.552 e. The van der Waals surface area contributed by atoms with Crippen LogP contribution < -0.4 is 15.7 Å². The van der Waals surface area contributed by atoms with Crippen LogP contribution in [0.15, 0.2) is 24.3 Å². The molecule has 1 amide bonds. The van der Waals surface area contributed by atoms with Gasteiger partial charge in [-0.3, -0.25) is 9.48 Å². The highest BCUT2D eigenvalue weighted by Gasteiger charge is 2.31. The number of nitrogens with zero attached hydrogens (tertiary/aromatic N) is 2. The minimum atomic E-state index is -0.923. The number of nitrogens with two attached hydrogens (primary N) is 1. The lowest BCUT2D eigenvalue weighted by Crippen LogP contribution is -2.22. The van der Waals surface area contributed by atoms with Gasteiger partial charge in [0, 0.05) is 24.1 Å². The number of hydrogen-bond acceptors (Lipinski definition) is 6. The third kappa shape index (κ3) is 3.63. The maximum Gasteiger partial charge on any atom is 0.552 e. The smallest absolute Gasteiger partial charge is 0.532 e. The van der Waals surface area contributed by atoms with Crippen molar-refractivity contribution in [1.29, 1.82) is 0 Å². The number of anilines is 2. The molecule has 5 rings (SSSR count). The maximum atomic E-state index is 12.0. The molecule has 3 aliphatic rings. The van der Waals surface area contributed by atoms with Gasteiger partial charge in [0.2, 0.25) is 0 Å². The van der Waals surface area contributed by atoms with Crippen molar-refractivity contribution >= 4 is 30.6 Å². The van der Waals surface area contributed by atoms with Crippen molar-refractivity contribution in [3.63, 3.8) is 0 Å². The summed E-state index contributed by atoms with van der Waals surface area (Å²) < 4.78 is 13.0. The number of primary amides is 1. The topological polar surface area (TPSA) is 112 Å². The van der Waals surface area contributed by atoms with Crippen LogP contribution in [-0.4, -0.2) is 41.0 Å². The summed E-state index contributed by atoms with van der Waals surface area (Å²) in [6, 6.07) is 4.04. The molecule has 0 unspecified atom stereocenters. The number of rotatable bonds is 5. The van der Waals surface area contributed by atoms with Gasteiger partial charge in [0.05, 0.1) is 12.6 Å². The van der Waals surface area contributed by atoms with Crippen molar-refractivity contribution in [1.82, 2.24) is 9.78 Å². The highest BCUT2D eigenvalue weighted by atomic mass is 16.5. The minimum absolute atomic E-state index is 0.0979. The summed E-state index contributed by atoms with van der Waals surface area (Å²) in [5.41, 5.74) is 8.72. The number of benzene rings is 1. The molecule has 2 aromatic rings. The predicted octanol–water partition coefficient (Wildman–Crippen LogP) is 2.38. The Balaban J connectivity index is 1.49. The van der Waals surface area contributed by atoms with E-state index in [9.17, 15) is 9.82 Å². The molecule has 0 spiro atoms. The molecule has 2 aliphatic heterocycles. The number of ether oxygens (including phenoxy) is 1. The van der Waals surface area contributed by atoms with Crippen LogP contribution in [0.2, 0.25) is 0 Å². The highest BCUT2D eigenvalue weighted by Crippen LogP contribution is 2.48. The SMILES string of the molecule is NC(=O)c1cn([C@@H]2CCCOC2)nc1Nc1cc2c(c(C3CC3)c1)OB(O)C=C2. The monoisotopic (exact) mass is 394 g/mol. The molecule has 9 heteroatoms. The van der Waals surface area contributed by atoms with E-state index < -0.39 is 13.0 Å². The van der Waals surface area contributed by atoms with Crippen LogP contribution in [0, 0.1) is 0 Å². The van der Waals surface area contributed by atoms with Crippen molar-refractivity contribution in [2.24, 2.45) is 5.73 Å². The molecule has 1 aliphatic carbocycles. The zero-order valence-corrected chi connectivity index (χ0v) is 16.0. The number of carbonyl (C=O) groups is 1. The third-order valence-electron chi connectivity index (χ3n) is 5.61. The zero-order chi connectivity index (χ0) is 20.0. The molecular weight excluding hydrogens is 371 g/mol. The van der Waals surface area contributed by atoms with E-state index in [1.165, 1.54) is 0 Å². The molecule has 29 heavy (non-hydrogen) atoms. The van der Waals surface area contributed by atoms with Crippen molar-refractivity contribution < 1.29 is 19.2 Å². The molecule has 150 valence electrons. The number of carbonyl (C=O) groups excluding carboxylic acids is 1. The van der Waals surface area contributed by atoms with Crippen LogP contribution in [-0.2, 0) is 4.74 Å². The number of aromatic nitrogens is 2. The molecule has 4 N–H and O–H groups in total. The summed E-state index contributed by atoms with van der Waals surface area (Å²) in [5.74, 6) is 2.67. The molecule has 0 bridgehead atoms. The minimum Gasteiger partial charge on any atom is -0.532 e. The zero-order valence-electron chi connectivity index (χ0n) is 16.0. The van der Waals surface area contributed by atoms with Crippen molar-refractivity contribution in [2.75, 3.05) is 18.5 Å². The Morgan fingerprint density at radius 1 is 1.34 bits per heavy atom. The first kappa shape index (κ1) is 18.3. The summed E-state index contributed by atoms with van der Waals surface area (Å²) in [6.45, 7) is 1.34. The van der Waals surface area contributed by atoms with Gasteiger partial charge in [-0.25, -0.2) is 0 Å². The summed E-state index contributed by atoms with van der Waals surface area (Å²) in [5, 5.41) is 17.7. The molecule has 2 fully saturated rings. The lowest BCUT2D eigenvalue weighted by atomic mass is 9.85. The van der Waals surface area contributed by atoms with Crippen LogP contribution >= 0.6 is 0 Å². The van der Waals surface area contributed by atoms with Gasteiger partial charge in [0.25, 0.3) is 5.91 Å². The van der Waals surface area contributed by atoms with Crippen LogP contribution in [0.1, 0.15) is 59.1 Å². The molecule has 1 aromatic heterocycles. The Morgan fingerprint density at radius 2 is 2.21 bits per heavy atom. The summed E-state index contributed by atoms with van der Waals surface area (Å²) in [4.78, 5) is 12.0. The fourth-order valence-corrected chi connectivity index (χ4v) is 3.97. The Hall–Kier alpha value is -2.78. The first-order chi connectivity index (χ1) is 14.1. The standard InChI is InChI=1S/C20H23BN4O4/c22-19(26)17-10-25(15-2-1-7-28-11-15)24-20(17)23-14-8-13-5-6-21(27)29-18(13)16(9-14)12-3-4-12/h5-6,8-10,12,15,27H,1-4,7,11H2,(H2,22,26)(H,23,24)/t15-/m1/s1. The van der Waals surface area contributed by atoms with Crippen LogP contribution in [0.5, 0.6) is 5.75 Å². The molecule has 0 radical (unpaired) electrons. The van der Waals surface area contributed by atoms with Crippen LogP contribution in [0.25, 0.3) is 6.08 Å². The highest BCUT2D eigenvalue weighted by molar-refractivity contribution is 6.51. The van der Waals surface area contributed by atoms with E-state index in [2.05, 4.69) is 10.4 Å². The average Bonchev–Trinajstić information content (AvgIpc) is 3.48. The lowest BCUT2D eigenvalue weighted by molar-refractivity contribution is 0.0550. The van der Waals surface area contributed by atoms with Crippen LogP contribution in [0.3, 0.4) is 0 Å². The van der Waals surface area contributed by atoms with Gasteiger partial charge < -0.3 is 25.5 Å². The lowest BCUT2D eigenvalue weighted by Gasteiger charge is -2.22. The molecule has 1 aromatic carbocycles. The summed E-state index contributed by atoms with van der Waals surface area (Å²) >= 11 is 0. The van der Waals surface area contributed by atoms with Gasteiger partial charge in [-0.2, -0.15) is 5.10 Å². The predicted molar refractivity (Wildman–Crippen MR) is 109 cm³/mol. The molecule has 3 heterocycles. The fraction of sp³-hybridized carbons (Fsp3) is 0.400. The number of fused-ring (bicyclic) bond motifs is 1. The van der Waals surface area contributed by atoms with Gasteiger partial charge in [-0.05, 0) is 55.3 Å². The fourth-order valence-electron chi connectivity index (χ4n) is 3.97.